The third-order valence-corrected chi connectivity index (χ3v) is 6.84. The van der Waals surface area contributed by atoms with Crippen molar-refractivity contribution >= 4 is 33.0 Å². The standard InChI is InChI=1S/C20H21N3O5S/c1-13-4-9-17(23(25)26)12-19(13)29(27,28)21-16-8-7-14-3-2-10-22(18(14)11-16)20(24)15-5-6-15/h4,7-9,11-12,15,21H,2-3,5-6,10H2,1H3. The smallest absolute Gasteiger partial charge is 0.270 e. The normalized spacial score (nSPS) is 16.2. The summed E-state index contributed by atoms with van der Waals surface area (Å²) in [6.45, 7) is 2.21. The van der Waals surface area contributed by atoms with Crippen LogP contribution in [0.1, 0.15) is 30.4 Å². The van der Waals surface area contributed by atoms with Crippen LogP contribution in [0, 0.1) is 23.0 Å². The Hall–Kier alpha value is -2.94. The first-order valence-electron chi connectivity index (χ1n) is 9.48. The summed E-state index contributed by atoms with van der Waals surface area (Å²) in [5, 5.41) is 11.0. The molecule has 0 saturated heterocycles. The molecule has 1 heterocycles. The maximum Gasteiger partial charge on any atom is 0.270 e. The Bertz CT molecular complexity index is 1110. The van der Waals surface area contributed by atoms with Crippen LogP contribution in [-0.4, -0.2) is 25.8 Å². The van der Waals surface area contributed by atoms with Crippen molar-refractivity contribution in [2.75, 3.05) is 16.2 Å². The van der Waals surface area contributed by atoms with Crippen LogP contribution in [0.2, 0.25) is 0 Å². The molecular formula is C20H21N3O5S. The number of anilines is 2. The number of sulfonamides is 1. The molecule has 2 aromatic rings. The van der Waals surface area contributed by atoms with E-state index in [-0.39, 0.29) is 22.4 Å². The quantitative estimate of drug-likeness (QED) is 0.595. The van der Waals surface area contributed by atoms with Gasteiger partial charge in [0.25, 0.3) is 15.7 Å². The summed E-state index contributed by atoms with van der Waals surface area (Å²) in [4.78, 5) is 24.6. The lowest BCUT2D eigenvalue weighted by molar-refractivity contribution is -0.385. The highest BCUT2D eigenvalue weighted by Gasteiger charge is 2.35. The lowest BCUT2D eigenvalue weighted by atomic mass is 10.0. The summed E-state index contributed by atoms with van der Waals surface area (Å²) in [6.07, 6.45) is 3.52. The highest BCUT2D eigenvalue weighted by Crippen LogP contribution is 2.37. The average Bonchev–Trinajstić information content (AvgIpc) is 3.52. The number of nitro groups is 1. The van der Waals surface area contributed by atoms with Crippen molar-refractivity contribution in [3.8, 4) is 0 Å². The molecule has 0 aromatic heterocycles. The lowest BCUT2D eigenvalue weighted by Crippen LogP contribution is -2.36. The van der Waals surface area contributed by atoms with Gasteiger partial charge in [-0.2, -0.15) is 0 Å². The van der Waals surface area contributed by atoms with Gasteiger partial charge in [0.1, 0.15) is 0 Å². The first-order valence-corrected chi connectivity index (χ1v) is 11.0. The second-order valence-corrected chi connectivity index (χ2v) is 9.17. The minimum atomic E-state index is -4.03. The molecule has 152 valence electrons. The van der Waals surface area contributed by atoms with Crippen LogP contribution >= 0.6 is 0 Å². The van der Waals surface area contributed by atoms with Crippen molar-refractivity contribution in [2.45, 2.75) is 37.5 Å². The minimum Gasteiger partial charge on any atom is -0.312 e. The highest BCUT2D eigenvalue weighted by molar-refractivity contribution is 7.92. The topological polar surface area (TPSA) is 110 Å². The number of fused-ring (bicyclic) bond motifs is 1. The molecule has 1 aliphatic carbocycles. The van der Waals surface area contributed by atoms with Gasteiger partial charge in [0.05, 0.1) is 15.5 Å². The molecule has 0 unspecified atom stereocenters. The van der Waals surface area contributed by atoms with E-state index in [9.17, 15) is 23.3 Å². The molecule has 0 radical (unpaired) electrons. The van der Waals surface area contributed by atoms with E-state index < -0.39 is 14.9 Å². The van der Waals surface area contributed by atoms with Crippen LogP contribution in [0.25, 0.3) is 0 Å². The second-order valence-electron chi connectivity index (χ2n) is 7.52. The van der Waals surface area contributed by atoms with Crippen molar-refractivity contribution in [3.05, 3.63) is 57.6 Å². The zero-order valence-electron chi connectivity index (χ0n) is 15.9. The van der Waals surface area contributed by atoms with Gasteiger partial charge in [0.15, 0.2) is 0 Å². The van der Waals surface area contributed by atoms with E-state index in [0.29, 0.717) is 17.8 Å². The van der Waals surface area contributed by atoms with Gasteiger partial charge in [0.2, 0.25) is 5.91 Å². The van der Waals surface area contributed by atoms with E-state index in [1.807, 2.05) is 6.07 Å². The van der Waals surface area contributed by atoms with Gasteiger partial charge in [-0.25, -0.2) is 8.42 Å². The van der Waals surface area contributed by atoms with Crippen LogP contribution in [0.3, 0.4) is 0 Å². The fourth-order valence-corrected chi connectivity index (χ4v) is 4.93. The van der Waals surface area contributed by atoms with Gasteiger partial charge >= 0.3 is 0 Å². The average molecular weight is 415 g/mol. The molecule has 0 spiro atoms. The highest BCUT2D eigenvalue weighted by atomic mass is 32.2. The van der Waals surface area contributed by atoms with Crippen LogP contribution in [0.15, 0.2) is 41.3 Å². The van der Waals surface area contributed by atoms with E-state index in [4.69, 9.17) is 0 Å². The summed E-state index contributed by atoms with van der Waals surface area (Å²) in [7, 11) is -4.03. The summed E-state index contributed by atoms with van der Waals surface area (Å²) in [5.41, 5.74) is 2.20. The minimum absolute atomic E-state index is 0.0776. The predicted molar refractivity (Wildman–Crippen MR) is 108 cm³/mol. The molecule has 0 bridgehead atoms. The Kier molecular flexibility index (Phi) is 4.77. The Balaban J connectivity index is 1.66. The van der Waals surface area contributed by atoms with Gasteiger partial charge in [-0.15, -0.1) is 0 Å². The maximum absolute atomic E-state index is 12.9. The number of amides is 1. The zero-order valence-corrected chi connectivity index (χ0v) is 16.7. The summed E-state index contributed by atoms with van der Waals surface area (Å²) in [5.74, 6) is 0.175. The zero-order chi connectivity index (χ0) is 20.8. The van der Waals surface area contributed by atoms with Crippen molar-refractivity contribution < 1.29 is 18.1 Å². The van der Waals surface area contributed by atoms with Crippen LogP contribution < -0.4 is 9.62 Å². The molecule has 9 heteroatoms. The molecule has 1 amide bonds. The molecule has 1 fully saturated rings. The van der Waals surface area contributed by atoms with Crippen LogP contribution in [0.4, 0.5) is 17.1 Å². The number of hydrogen-bond acceptors (Lipinski definition) is 5. The monoisotopic (exact) mass is 415 g/mol. The van der Waals surface area contributed by atoms with Crippen LogP contribution in [0.5, 0.6) is 0 Å². The van der Waals surface area contributed by atoms with E-state index in [0.717, 1.165) is 43.0 Å². The first kappa shape index (κ1) is 19.4. The van der Waals surface area contributed by atoms with E-state index >= 15 is 0 Å². The Labute approximate surface area is 168 Å². The maximum atomic E-state index is 12.9. The predicted octanol–water partition coefficient (Wildman–Crippen LogP) is 3.39. The summed E-state index contributed by atoms with van der Waals surface area (Å²) < 4.78 is 28.3. The SMILES string of the molecule is Cc1ccc([N+](=O)[O-])cc1S(=O)(=O)Nc1ccc2c(c1)N(C(=O)C1CC1)CCC2. The van der Waals surface area contributed by atoms with Gasteiger partial charge in [-0.3, -0.25) is 19.6 Å². The van der Waals surface area contributed by atoms with Gasteiger partial charge in [0, 0.05) is 30.3 Å². The third-order valence-electron chi connectivity index (χ3n) is 5.32. The fourth-order valence-electron chi connectivity index (χ4n) is 3.62. The molecule has 8 nitrogen and oxygen atoms in total. The number of hydrogen-bond donors (Lipinski definition) is 1. The number of benzene rings is 2. The number of aryl methyl sites for hydroxylation is 2. The summed E-state index contributed by atoms with van der Waals surface area (Å²) >= 11 is 0. The van der Waals surface area contributed by atoms with Gasteiger partial charge in [-0.1, -0.05) is 12.1 Å². The Morgan fingerprint density at radius 1 is 1.21 bits per heavy atom. The molecule has 0 atom stereocenters. The van der Waals surface area contributed by atoms with E-state index in [1.165, 1.54) is 12.1 Å². The molecule has 29 heavy (non-hydrogen) atoms. The molecule has 2 aliphatic rings. The number of nitrogens with one attached hydrogen (secondary N) is 1. The molecule has 2 aromatic carbocycles. The number of non-ortho nitro benzene ring substituents is 1. The molecule has 1 aliphatic heterocycles. The van der Waals surface area contributed by atoms with Crippen molar-refractivity contribution in [1.82, 2.24) is 0 Å². The number of carbonyl (C=O) groups excluding carboxylic acids is 1. The number of nitrogens with zero attached hydrogens (tertiary/aromatic N) is 2. The van der Waals surface area contributed by atoms with Crippen LogP contribution in [-0.2, 0) is 21.2 Å². The van der Waals surface area contributed by atoms with Crippen molar-refractivity contribution in [2.24, 2.45) is 5.92 Å². The number of carbonyl (C=O) groups is 1. The third kappa shape index (κ3) is 3.82. The Morgan fingerprint density at radius 3 is 2.66 bits per heavy atom. The fraction of sp³-hybridized carbons (Fsp3) is 0.350. The van der Waals surface area contributed by atoms with Gasteiger partial charge in [-0.05, 0) is 55.9 Å². The van der Waals surface area contributed by atoms with Crippen molar-refractivity contribution in [3.63, 3.8) is 0 Å². The molecule has 4 rings (SSSR count). The van der Waals surface area contributed by atoms with Gasteiger partial charge < -0.3 is 4.90 Å². The van der Waals surface area contributed by atoms with E-state index in [1.54, 1.807) is 24.0 Å². The number of rotatable bonds is 5. The molecular weight excluding hydrogens is 394 g/mol. The first-order chi connectivity index (χ1) is 13.8. The summed E-state index contributed by atoms with van der Waals surface area (Å²) in [6, 6.07) is 8.91. The van der Waals surface area contributed by atoms with E-state index in [2.05, 4.69) is 4.72 Å². The number of nitro benzene ring substituents is 1. The lowest BCUT2D eigenvalue weighted by Gasteiger charge is -2.30. The molecule has 1 saturated carbocycles. The molecule has 1 N–H and O–H groups in total. The Morgan fingerprint density at radius 2 is 1.97 bits per heavy atom. The van der Waals surface area contributed by atoms with Crippen molar-refractivity contribution in [1.29, 1.82) is 0 Å². The second kappa shape index (κ2) is 7.14. The largest absolute Gasteiger partial charge is 0.312 e.